The minimum atomic E-state index is 0.274. The van der Waals surface area contributed by atoms with Crippen molar-refractivity contribution in [1.29, 1.82) is 5.26 Å². The van der Waals surface area contributed by atoms with Crippen LogP contribution in [0.4, 0.5) is 0 Å². The Morgan fingerprint density at radius 3 is 2.42 bits per heavy atom. The molecule has 0 saturated heterocycles. The molecule has 1 N–H and O–H groups in total. The molecule has 26 heavy (non-hydrogen) atoms. The summed E-state index contributed by atoms with van der Waals surface area (Å²) >= 11 is 0. The lowest BCUT2D eigenvalue weighted by atomic mass is 10.0. The fourth-order valence-corrected chi connectivity index (χ4v) is 2.75. The number of nitriles is 1. The molecule has 0 fully saturated rings. The van der Waals surface area contributed by atoms with Crippen molar-refractivity contribution in [2.24, 2.45) is 0 Å². The predicted molar refractivity (Wildman–Crippen MR) is 98.5 cm³/mol. The number of nitrogens with zero attached hydrogens (tertiary/aromatic N) is 3. The first kappa shape index (κ1) is 15.6. The van der Waals surface area contributed by atoms with E-state index in [0.29, 0.717) is 5.69 Å². The molecule has 0 amide bonds. The highest BCUT2D eigenvalue weighted by atomic mass is 16.5. The summed E-state index contributed by atoms with van der Waals surface area (Å²) in [6, 6.07) is 27.4. The Morgan fingerprint density at radius 2 is 1.58 bits per heavy atom. The van der Waals surface area contributed by atoms with Crippen LogP contribution in [0.2, 0.25) is 0 Å². The van der Waals surface area contributed by atoms with Gasteiger partial charge in [0, 0.05) is 11.1 Å². The second-order valence-electron chi connectivity index (χ2n) is 5.62. The third-order valence-electron chi connectivity index (χ3n) is 3.96. The summed E-state index contributed by atoms with van der Waals surface area (Å²) in [5.74, 6) is 1.54. The number of para-hydroxylation sites is 2. The summed E-state index contributed by atoms with van der Waals surface area (Å²) < 4.78 is 6.05. The molecular weight excluding hydrogens is 324 g/mol. The fourth-order valence-electron chi connectivity index (χ4n) is 2.75. The summed E-state index contributed by atoms with van der Waals surface area (Å²) in [4.78, 5) is 0. The van der Waals surface area contributed by atoms with Crippen molar-refractivity contribution in [2.45, 2.75) is 0 Å². The van der Waals surface area contributed by atoms with Crippen LogP contribution in [-0.2, 0) is 0 Å². The summed E-state index contributed by atoms with van der Waals surface area (Å²) in [5, 5.41) is 19.6. The Balaban J connectivity index is 1.75. The standard InChI is InChI=1S/C21H14N4O/c22-14-19-21(24-25-23-19)16-8-6-7-15(13-16)18-11-4-5-12-20(18)26-17-9-2-1-3-10-17/h1-13H,(H,23,24,25). The Bertz CT molecular complexity index is 1080. The maximum absolute atomic E-state index is 9.17. The first-order chi connectivity index (χ1) is 12.8. The number of hydrogen-bond donors (Lipinski definition) is 1. The van der Waals surface area contributed by atoms with Crippen molar-refractivity contribution in [1.82, 2.24) is 15.4 Å². The lowest BCUT2D eigenvalue weighted by Crippen LogP contribution is -1.89. The third kappa shape index (κ3) is 3.04. The normalized spacial score (nSPS) is 10.3. The van der Waals surface area contributed by atoms with E-state index in [0.717, 1.165) is 28.2 Å². The number of aromatic nitrogens is 3. The van der Waals surface area contributed by atoms with Crippen LogP contribution in [0, 0.1) is 11.3 Å². The van der Waals surface area contributed by atoms with Gasteiger partial charge >= 0.3 is 0 Å². The molecule has 0 aliphatic carbocycles. The van der Waals surface area contributed by atoms with Crippen LogP contribution in [0.25, 0.3) is 22.4 Å². The van der Waals surface area contributed by atoms with Gasteiger partial charge in [-0.25, -0.2) is 0 Å². The van der Waals surface area contributed by atoms with Gasteiger partial charge in [0.25, 0.3) is 0 Å². The van der Waals surface area contributed by atoms with E-state index in [-0.39, 0.29) is 5.69 Å². The minimum Gasteiger partial charge on any atom is -0.457 e. The average molecular weight is 338 g/mol. The maximum atomic E-state index is 9.17. The number of hydrogen-bond acceptors (Lipinski definition) is 4. The molecule has 3 aromatic carbocycles. The van der Waals surface area contributed by atoms with Gasteiger partial charge in [0.05, 0.1) is 0 Å². The molecule has 0 atom stereocenters. The van der Waals surface area contributed by atoms with Crippen molar-refractivity contribution in [3.05, 3.63) is 84.6 Å². The molecule has 1 aromatic heterocycles. The van der Waals surface area contributed by atoms with E-state index in [9.17, 15) is 5.26 Å². The molecule has 1 heterocycles. The first-order valence-corrected chi connectivity index (χ1v) is 8.09. The zero-order chi connectivity index (χ0) is 17.8. The van der Waals surface area contributed by atoms with E-state index in [1.54, 1.807) is 0 Å². The molecule has 0 unspecified atom stereocenters. The quantitative estimate of drug-likeness (QED) is 0.580. The van der Waals surface area contributed by atoms with Crippen LogP contribution in [-0.4, -0.2) is 15.4 Å². The van der Waals surface area contributed by atoms with Crippen LogP contribution in [0.1, 0.15) is 5.69 Å². The monoisotopic (exact) mass is 338 g/mol. The molecule has 5 heteroatoms. The highest BCUT2D eigenvalue weighted by molar-refractivity contribution is 5.76. The van der Waals surface area contributed by atoms with Gasteiger partial charge in [0.15, 0.2) is 5.69 Å². The largest absolute Gasteiger partial charge is 0.457 e. The lowest BCUT2D eigenvalue weighted by molar-refractivity contribution is 0.484. The fraction of sp³-hybridized carbons (Fsp3) is 0. The van der Waals surface area contributed by atoms with E-state index < -0.39 is 0 Å². The Kier molecular flexibility index (Phi) is 4.15. The molecular formula is C21H14N4O. The van der Waals surface area contributed by atoms with E-state index in [4.69, 9.17) is 4.74 Å². The minimum absolute atomic E-state index is 0.274. The van der Waals surface area contributed by atoms with Crippen LogP contribution in [0.15, 0.2) is 78.9 Å². The number of nitrogens with one attached hydrogen (secondary N) is 1. The number of H-pyrrole nitrogens is 1. The molecule has 0 aliphatic heterocycles. The molecule has 0 saturated carbocycles. The molecule has 0 radical (unpaired) electrons. The Hall–Kier alpha value is -3.91. The van der Waals surface area contributed by atoms with Crippen LogP contribution >= 0.6 is 0 Å². The van der Waals surface area contributed by atoms with E-state index in [1.807, 2.05) is 84.9 Å². The summed E-state index contributed by atoms with van der Waals surface area (Å²) in [6.07, 6.45) is 0. The number of ether oxygens (including phenoxy) is 1. The number of aromatic amines is 1. The smallest absolute Gasteiger partial charge is 0.190 e. The van der Waals surface area contributed by atoms with E-state index in [1.165, 1.54) is 0 Å². The lowest BCUT2D eigenvalue weighted by Gasteiger charge is -2.12. The Labute approximate surface area is 150 Å². The molecule has 0 spiro atoms. The average Bonchev–Trinajstić information content (AvgIpc) is 3.18. The molecule has 5 nitrogen and oxygen atoms in total. The van der Waals surface area contributed by atoms with Crippen molar-refractivity contribution in [2.75, 3.05) is 0 Å². The molecule has 0 aliphatic rings. The second kappa shape index (κ2) is 6.91. The number of rotatable bonds is 4. The highest BCUT2D eigenvalue weighted by Gasteiger charge is 2.12. The topological polar surface area (TPSA) is 74.6 Å². The summed E-state index contributed by atoms with van der Waals surface area (Å²) in [5.41, 5.74) is 3.57. The van der Waals surface area contributed by atoms with Gasteiger partial charge in [-0.05, 0) is 29.8 Å². The van der Waals surface area contributed by atoms with Gasteiger partial charge in [0.1, 0.15) is 23.3 Å². The van der Waals surface area contributed by atoms with Crippen molar-refractivity contribution in [3.63, 3.8) is 0 Å². The summed E-state index contributed by atoms with van der Waals surface area (Å²) in [7, 11) is 0. The summed E-state index contributed by atoms with van der Waals surface area (Å²) in [6.45, 7) is 0. The molecule has 0 bridgehead atoms. The molecule has 124 valence electrons. The first-order valence-electron chi connectivity index (χ1n) is 8.09. The Morgan fingerprint density at radius 1 is 0.808 bits per heavy atom. The SMILES string of the molecule is N#Cc1n[nH]nc1-c1cccc(-c2ccccc2Oc2ccccc2)c1. The van der Waals surface area contributed by atoms with E-state index in [2.05, 4.69) is 15.4 Å². The van der Waals surface area contributed by atoms with Gasteiger partial charge in [-0.3, -0.25) is 0 Å². The third-order valence-corrected chi connectivity index (χ3v) is 3.96. The van der Waals surface area contributed by atoms with Crippen LogP contribution < -0.4 is 4.74 Å². The molecule has 4 rings (SSSR count). The van der Waals surface area contributed by atoms with Crippen LogP contribution in [0.5, 0.6) is 11.5 Å². The molecule has 4 aromatic rings. The zero-order valence-corrected chi connectivity index (χ0v) is 13.8. The zero-order valence-electron chi connectivity index (χ0n) is 13.8. The van der Waals surface area contributed by atoms with E-state index >= 15 is 0 Å². The van der Waals surface area contributed by atoms with Crippen LogP contribution in [0.3, 0.4) is 0 Å². The second-order valence-corrected chi connectivity index (χ2v) is 5.62. The van der Waals surface area contributed by atoms with Gasteiger partial charge in [-0.15, -0.1) is 5.10 Å². The highest BCUT2D eigenvalue weighted by Crippen LogP contribution is 2.35. The van der Waals surface area contributed by atoms with Gasteiger partial charge in [-0.1, -0.05) is 54.6 Å². The van der Waals surface area contributed by atoms with Gasteiger partial charge in [0.2, 0.25) is 0 Å². The van der Waals surface area contributed by atoms with Crippen molar-refractivity contribution in [3.8, 4) is 40.0 Å². The number of benzene rings is 3. The van der Waals surface area contributed by atoms with Crippen molar-refractivity contribution >= 4 is 0 Å². The van der Waals surface area contributed by atoms with Crippen molar-refractivity contribution < 1.29 is 4.74 Å². The van der Waals surface area contributed by atoms with Gasteiger partial charge in [-0.2, -0.15) is 15.6 Å². The predicted octanol–water partition coefficient (Wildman–Crippen LogP) is 4.80. The van der Waals surface area contributed by atoms with Gasteiger partial charge < -0.3 is 4.74 Å². The maximum Gasteiger partial charge on any atom is 0.190 e.